The van der Waals surface area contributed by atoms with Gasteiger partial charge in [-0.05, 0) is 56.5 Å². The van der Waals surface area contributed by atoms with Crippen LogP contribution < -0.4 is 0 Å². The topological polar surface area (TPSA) is 23.5 Å². The molecule has 1 fully saturated rings. The van der Waals surface area contributed by atoms with Gasteiger partial charge < -0.3 is 5.11 Å². The van der Waals surface area contributed by atoms with Crippen molar-refractivity contribution < 1.29 is 5.11 Å². The lowest BCUT2D eigenvalue weighted by Crippen LogP contribution is -2.24. The van der Waals surface area contributed by atoms with Crippen molar-refractivity contribution in [3.8, 4) is 0 Å². The molecule has 0 amide bonds. The van der Waals surface area contributed by atoms with Gasteiger partial charge in [0.2, 0.25) is 0 Å². The maximum atomic E-state index is 8.82. The van der Waals surface area contributed by atoms with Crippen LogP contribution in [0, 0.1) is 0 Å². The number of hydrogen-bond donors (Lipinski definition) is 1. The fraction of sp³-hybridized carbons (Fsp3) is 0.571. The molecule has 1 unspecified atom stereocenters. The van der Waals surface area contributed by atoms with Crippen molar-refractivity contribution in [2.45, 2.75) is 31.7 Å². The Labute approximate surface area is 108 Å². The molecule has 2 rings (SSSR count). The van der Waals surface area contributed by atoms with Gasteiger partial charge >= 0.3 is 0 Å². The molecule has 1 heterocycles. The molecule has 0 bridgehead atoms. The SMILES string of the molecule is OCCCCN1CCCC1c1cccc(Cl)c1. The lowest BCUT2D eigenvalue weighted by atomic mass is 10.0. The van der Waals surface area contributed by atoms with Gasteiger partial charge in [-0.2, -0.15) is 0 Å². The van der Waals surface area contributed by atoms with E-state index in [2.05, 4.69) is 17.0 Å². The summed E-state index contributed by atoms with van der Waals surface area (Å²) in [6, 6.07) is 8.72. The number of aliphatic hydroxyl groups is 1. The highest BCUT2D eigenvalue weighted by molar-refractivity contribution is 6.30. The Balaban J connectivity index is 1.99. The second kappa shape index (κ2) is 6.39. The van der Waals surface area contributed by atoms with Crippen molar-refractivity contribution in [3.63, 3.8) is 0 Å². The Morgan fingerprint density at radius 3 is 3.00 bits per heavy atom. The summed E-state index contributed by atoms with van der Waals surface area (Å²) in [6.07, 6.45) is 4.46. The predicted octanol–water partition coefficient (Wildman–Crippen LogP) is 3.25. The van der Waals surface area contributed by atoms with Gasteiger partial charge in [-0.15, -0.1) is 0 Å². The van der Waals surface area contributed by atoms with Gasteiger partial charge in [-0.1, -0.05) is 23.7 Å². The van der Waals surface area contributed by atoms with E-state index in [4.69, 9.17) is 16.7 Å². The molecular weight excluding hydrogens is 234 g/mol. The zero-order valence-corrected chi connectivity index (χ0v) is 10.9. The molecule has 1 N–H and O–H groups in total. The Hall–Kier alpha value is -0.570. The highest BCUT2D eigenvalue weighted by atomic mass is 35.5. The number of unbranched alkanes of at least 4 members (excludes halogenated alkanes) is 1. The van der Waals surface area contributed by atoms with Crippen LogP contribution in [0.1, 0.15) is 37.3 Å². The van der Waals surface area contributed by atoms with Crippen molar-refractivity contribution in [2.24, 2.45) is 0 Å². The van der Waals surface area contributed by atoms with Crippen molar-refractivity contribution in [3.05, 3.63) is 34.9 Å². The van der Waals surface area contributed by atoms with Gasteiger partial charge in [0.15, 0.2) is 0 Å². The number of rotatable bonds is 5. The summed E-state index contributed by atoms with van der Waals surface area (Å²) in [5, 5.41) is 9.65. The number of nitrogens with zero attached hydrogens (tertiary/aromatic N) is 1. The maximum absolute atomic E-state index is 8.82. The summed E-state index contributed by atoms with van der Waals surface area (Å²) in [7, 11) is 0. The molecule has 0 aromatic heterocycles. The summed E-state index contributed by atoms with van der Waals surface area (Å²) in [6.45, 7) is 2.55. The van der Waals surface area contributed by atoms with E-state index in [0.29, 0.717) is 12.6 Å². The zero-order chi connectivity index (χ0) is 12.1. The third-order valence-corrected chi connectivity index (χ3v) is 3.69. The van der Waals surface area contributed by atoms with Crippen molar-refractivity contribution in [1.82, 2.24) is 4.90 Å². The summed E-state index contributed by atoms with van der Waals surface area (Å²) >= 11 is 6.05. The molecule has 0 saturated carbocycles. The van der Waals surface area contributed by atoms with Crippen LogP contribution in [-0.4, -0.2) is 29.7 Å². The van der Waals surface area contributed by atoms with Crippen LogP contribution in [0.5, 0.6) is 0 Å². The van der Waals surface area contributed by atoms with Gasteiger partial charge in [-0.25, -0.2) is 0 Å². The lowest BCUT2D eigenvalue weighted by Gasteiger charge is -2.24. The van der Waals surface area contributed by atoms with E-state index in [1.54, 1.807) is 0 Å². The Bertz CT molecular complexity index is 356. The third kappa shape index (κ3) is 3.44. The van der Waals surface area contributed by atoms with Gasteiger partial charge in [0.25, 0.3) is 0 Å². The minimum absolute atomic E-state index is 0.301. The largest absolute Gasteiger partial charge is 0.396 e. The summed E-state index contributed by atoms with van der Waals surface area (Å²) in [5.41, 5.74) is 1.33. The maximum Gasteiger partial charge on any atom is 0.0431 e. The monoisotopic (exact) mass is 253 g/mol. The molecule has 0 spiro atoms. The Kier molecular flexibility index (Phi) is 4.84. The molecular formula is C14H20ClNO. The fourth-order valence-electron chi connectivity index (χ4n) is 2.61. The van der Waals surface area contributed by atoms with E-state index < -0.39 is 0 Å². The molecule has 1 atom stereocenters. The van der Waals surface area contributed by atoms with E-state index in [-0.39, 0.29) is 0 Å². The normalized spacial score (nSPS) is 20.9. The highest BCUT2D eigenvalue weighted by Gasteiger charge is 2.25. The average molecular weight is 254 g/mol. The third-order valence-electron chi connectivity index (χ3n) is 3.45. The standard InChI is InChI=1S/C14H20ClNO/c15-13-6-3-5-12(11-13)14-7-4-9-16(14)8-1-2-10-17/h3,5-6,11,14,17H,1-2,4,7-10H2. The minimum atomic E-state index is 0.301. The van der Waals surface area contributed by atoms with E-state index in [9.17, 15) is 0 Å². The van der Waals surface area contributed by atoms with Crippen molar-refractivity contribution in [1.29, 1.82) is 0 Å². The molecule has 1 aromatic carbocycles. The number of hydrogen-bond acceptors (Lipinski definition) is 2. The summed E-state index contributed by atoms with van der Waals surface area (Å²) in [5.74, 6) is 0. The number of aliphatic hydroxyl groups excluding tert-OH is 1. The molecule has 0 aliphatic carbocycles. The number of benzene rings is 1. The minimum Gasteiger partial charge on any atom is -0.396 e. The molecule has 17 heavy (non-hydrogen) atoms. The first-order chi connectivity index (χ1) is 8.31. The molecule has 0 radical (unpaired) electrons. The molecule has 3 heteroatoms. The number of halogens is 1. The quantitative estimate of drug-likeness (QED) is 0.815. The summed E-state index contributed by atoms with van der Waals surface area (Å²) in [4.78, 5) is 2.52. The van der Waals surface area contributed by atoms with E-state index in [1.165, 1.54) is 24.9 Å². The van der Waals surface area contributed by atoms with Gasteiger partial charge in [0, 0.05) is 17.7 Å². The van der Waals surface area contributed by atoms with Crippen LogP contribution in [0.2, 0.25) is 5.02 Å². The highest BCUT2D eigenvalue weighted by Crippen LogP contribution is 2.32. The first-order valence-electron chi connectivity index (χ1n) is 6.41. The van der Waals surface area contributed by atoms with Crippen LogP contribution in [-0.2, 0) is 0 Å². The first kappa shape index (κ1) is 12.9. The summed E-state index contributed by atoms with van der Waals surface area (Å²) < 4.78 is 0. The van der Waals surface area contributed by atoms with Gasteiger partial charge in [0.1, 0.15) is 0 Å². The molecule has 1 saturated heterocycles. The van der Waals surface area contributed by atoms with Crippen LogP contribution in [0.15, 0.2) is 24.3 Å². The fourth-order valence-corrected chi connectivity index (χ4v) is 2.81. The smallest absolute Gasteiger partial charge is 0.0431 e. The molecule has 1 aliphatic heterocycles. The second-order valence-corrected chi connectivity index (χ2v) is 5.12. The average Bonchev–Trinajstić information content (AvgIpc) is 2.78. The van der Waals surface area contributed by atoms with Crippen molar-refractivity contribution >= 4 is 11.6 Å². The van der Waals surface area contributed by atoms with E-state index in [1.807, 2.05) is 12.1 Å². The Morgan fingerprint density at radius 2 is 2.24 bits per heavy atom. The van der Waals surface area contributed by atoms with E-state index >= 15 is 0 Å². The lowest BCUT2D eigenvalue weighted by molar-refractivity contribution is 0.231. The van der Waals surface area contributed by atoms with Crippen LogP contribution in [0.3, 0.4) is 0 Å². The van der Waals surface area contributed by atoms with Gasteiger partial charge in [-0.3, -0.25) is 4.90 Å². The Morgan fingerprint density at radius 1 is 1.35 bits per heavy atom. The molecule has 1 aromatic rings. The van der Waals surface area contributed by atoms with E-state index in [0.717, 1.165) is 24.4 Å². The van der Waals surface area contributed by atoms with Gasteiger partial charge in [0.05, 0.1) is 0 Å². The molecule has 1 aliphatic rings. The zero-order valence-electron chi connectivity index (χ0n) is 10.1. The van der Waals surface area contributed by atoms with Crippen molar-refractivity contribution in [2.75, 3.05) is 19.7 Å². The second-order valence-electron chi connectivity index (χ2n) is 4.68. The molecule has 94 valence electrons. The first-order valence-corrected chi connectivity index (χ1v) is 6.79. The number of likely N-dealkylation sites (tertiary alicyclic amines) is 1. The molecule has 2 nitrogen and oxygen atoms in total. The predicted molar refractivity (Wildman–Crippen MR) is 71.3 cm³/mol. The van der Waals surface area contributed by atoms with Crippen LogP contribution >= 0.6 is 11.6 Å². The van der Waals surface area contributed by atoms with Crippen LogP contribution in [0.25, 0.3) is 0 Å². The van der Waals surface area contributed by atoms with Crippen LogP contribution in [0.4, 0.5) is 0 Å².